The monoisotopic (exact) mass is 274 g/mol. The SMILES string of the molecule is CC1CCCC(C)N1C(=O)CN1CCCS1(=O)=O. The van der Waals surface area contributed by atoms with Crippen LogP contribution in [0.3, 0.4) is 0 Å². The Morgan fingerprint density at radius 3 is 2.28 bits per heavy atom. The molecule has 0 aromatic carbocycles. The molecule has 0 saturated carbocycles. The largest absolute Gasteiger partial charge is 0.336 e. The molecule has 2 rings (SSSR count). The average Bonchev–Trinajstić information content (AvgIpc) is 2.58. The molecular weight excluding hydrogens is 252 g/mol. The molecule has 2 fully saturated rings. The molecule has 104 valence electrons. The highest BCUT2D eigenvalue weighted by Crippen LogP contribution is 2.23. The van der Waals surface area contributed by atoms with Gasteiger partial charge in [-0.25, -0.2) is 8.42 Å². The van der Waals surface area contributed by atoms with E-state index in [9.17, 15) is 13.2 Å². The maximum Gasteiger partial charge on any atom is 0.238 e. The predicted octanol–water partition coefficient (Wildman–Crippen LogP) is 0.811. The number of hydrogen-bond donors (Lipinski definition) is 0. The molecule has 2 aliphatic rings. The maximum atomic E-state index is 12.3. The molecule has 0 spiro atoms. The highest BCUT2D eigenvalue weighted by molar-refractivity contribution is 7.89. The molecule has 0 aromatic rings. The van der Waals surface area contributed by atoms with Gasteiger partial charge in [-0.15, -0.1) is 0 Å². The Labute approximate surface area is 109 Å². The Hall–Kier alpha value is -0.620. The summed E-state index contributed by atoms with van der Waals surface area (Å²) >= 11 is 0. The number of hydrogen-bond acceptors (Lipinski definition) is 3. The Morgan fingerprint density at radius 1 is 1.17 bits per heavy atom. The third-order valence-corrected chi connectivity index (χ3v) is 5.90. The summed E-state index contributed by atoms with van der Waals surface area (Å²) in [5, 5.41) is 0. The molecule has 6 heteroatoms. The van der Waals surface area contributed by atoms with Crippen molar-refractivity contribution < 1.29 is 13.2 Å². The molecular formula is C12H22N2O3S. The maximum absolute atomic E-state index is 12.3. The van der Waals surface area contributed by atoms with E-state index in [4.69, 9.17) is 0 Å². The summed E-state index contributed by atoms with van der Waals surface area (Å²) in [6.07, 6.45) is 3.82. The van der Waals surface area contributed by atoms with Crippen molar-refractivity contribution in [2.24, 2.45) is 0 Å². The number of rotatable bonds is 2. The van der Waals surface area contributed by atoms with Gasteiger partial charge in [-0.1, -0.05) is 0 Å². The first-order chi connectivity index (χ1) is 8.42. The first kappa shape index (κ1) is 13.8. The quantitative estimate of drug-likeness (QED) is 0.749. The van der Waals surface area contributed by atoms with E-state index < -0.39 is 10.0 Å². The summed E-state index contributed by atoms with van der Waals surface area (Å²) in [5.74, 6) is 0.144. The Kier molecular flexibility index (Phi) is 3.96. The standard InChI is InChI=1S/C12H22N2O3S/c1-10-5-3-6-11(2)14(10)12(15)9-13-7-4-8-18(13,16)17/h10-11H,3-9H2,1-2H3. The van der Waals surface area contributed by atoms with Crippen LogP contribution in [-0.4, -0.2) is 54.5 Å². The van der Waals surface area contributed by atoms with Gasteiger partial charge in [-0.05, 0) is 39.5 Å². The molecule has 0 N–H and O–H groups in total. The lowest BCUT2D eigenvalue weighted by Crippen LogP contribution is -2.51. The fraction of sp³-hybridized carbons (Fsp3) is 0.917. The molecule has 2 aliphatic heterocycles. The predicted molar refractivity (Wildman–Crippen MR) is 69.6 cm³/mol. The van der Waals surface area contributed by atoms with Gasteiger partial charge in [0.25, 0.3) is 0 Å². The minimum atomic E-state index is -3.17. The molecule has 5 nitrogen and oxygen atoms in total. The van der Waals surface area contributed by atoms with Crippen molar-refractivity contribution in [1.29, 1.82) is 0 Å². The van der Waals surface area contributed by atoms with E-state index in [0.29, 0.717) is 13.0 Å². The topological polar surface area (TPSA) is 57.7 Å². The zero-order valence-corrected chi connectivity index (χ0v) is 11.9. The summed E-state index contributed by atoms with van der Waals surface area (Å²) in [7, 11) is -3.17. The fourth-order valence-corrected chi connectivity index (χ4v) is 4.48. The van der Waals surface area contributed by atoms with E-state index in [1.54, 1.807) is 0 Å². The summed E-state index contributed by atoms with van der Waals surface area (Å²) < 4.78 is 24.7. The van der Waals surface area contributed by atoms with Gasteiger partial charge in [0, 0.05) is 18.6 Å². The number of carbonyl (C=O) groups excluding carboxylic acids is 1. The highest BCUT2D eigenvalue weighted by Gasteiger charge is 2.34. The summed E-state index contributed by atoms with van der Waals surface area (Å²) in [6, 6.07) is 0.457. The number of sulfonamides is 1. The van der Waals surface area contributed by atoms with Crippen LogP contribution in [0, 0.1) is 0 Å². The number of likely N-dealkylation sites (tertiary alicyclic amines) is 1. The van der Waals surface area contributed by atoms with E-state index in [1.165, 1.54) is 4.31 Å². The van der Waals surface area contributed by atoms with Gasteiger partial charge < -0.3 is 4.90 Å². The van der Waals surface area contributed by atoms with Crippen molar-refractivity contribution in [3.63, 3.8) is 0 Å². The molecule has 2 unspecified atom stereocenters. The van der Waals surface area contributed by atoms with Crippen LogP contribution in [0.5, 0.6) is 0 Å². The lowest BCUT2D eigenvalue weighted by Gasteiger charge is -2.39. The third-order valence-electron chi connectivity index (χ3n) is 4.00. The number of amides is 1. The second-order valence-electron chi connectivity index (χ2n) is 5.43. The van der Waals surface area contributed by atoms with Gasteiger partial charge in [-0.3, -0.25) is 4.79 Å². The molecule has 0 radical (unpaired) electrons. The van der Waals surface area contributed by atoms with E-state index in [1.807, 2.05) is 18.7 Å². The van der Waals surface area contributed by atoms with Gasteiger partial charge in [0.1, 0.15) is 0 Å². The van der Waals surface area contributed by atoms with Crippen LogP contribution in [0.15, 0.2) is 0 Å². The van der Waals surface area contributed by atoms with Crippen molar-refractivity contribution >= 4 is 15.9 Å². The lowest BCUT2D eigenvalue weighted by molar-refractivity contribution is -0.137. The molecule has 18 heavy (non-hydrogen) atoms. The molecule has 0 aliphatic carbocycles. The molecule has 2 atom stereocenters. The minimum Gasteiger partial charge on any atom is -0.336 e. The number of piperidine rings is 1. The smallest absolute Gasteiger partial charge is 0.238 e. The van der Waals surface area contributed by atoms with Crippen molar-refractivity contribution in [3.05, 3.63) is 0 Å². The average molecular weight is 274 g/mol. The first-order valence-corrected chi connectivity index (χ1v) is 8.32. The van der Waals surface area contributed by atoms with Crippen LogP contribution in [0.1, 0.15) is 39.5 Å². The molecule has 2 saturated heterocycles. The summed E-state index contributed by atoms with van der Waals surface area (Å²) in [4.78, 5) is 14.2. The highest BCUT2D eigenvalue weighted by atomic mass is 32.2. The fourth-order valence-electron chi connectivity index (χ4n) is 3.01. The van der Waals surface area contributed by atoms with Crippen molar-refractivity contribution in [1.82, 2.24) is 9.21 Å². The van der Waals surface area contributed by atoms with Crippen molar-refractivity contribution in [2.45, 2.75) is 51.6 Å². The summed E-state index contributed by atoms with van der Waals surface area (Å²) in [6.45, 7) is 4.61. The van der Waals surface area contributed by atoms with Crippen LogP contribution in [0.4, 0.5) is 0 Å². The third kappa shape index (κ3) is 2.69. The Balaban J connectivity index is 2.03. The van der Waals surface area contributed by atoms with Gasteiger partial charge in [0.2, 0.25) is 15.9 Å². The van der Waals surface area contributed by atoms with E-state index >= 15 is 0 Å². The molecule has 0 aromatic heterocycles. The van der Waals surface area contributed by atoms with Crippen LogP contribution < -0.4 is 0 Å². The number of nitrogens with zero attached hydrogens (tertiary/aromatic N) is 2. The Morgan fingerprint density at radius 2 is 1.78 bits per heavy atom. The molecule has 1 amide bonds. The van der Waals surface area contributed by atoms with E-state index in [-0.39, 0.29) is 30.3 Å². The second kappa shape index (κ2) is 5.17. The zero-order chi connectivity index (χ0) is 13.3. The van der Waals surface area contributed by atoms with E-state index in [0.717, 1.165) is 19.3 Å². The van der Waals surface area contributed by atoms with Gasteiger partial charge in [0.05, 0.1) is 12.3 Å². The molecule has 2 heterocycles. The van der Waals surface area contributed by atoms with Crippen LogP contribution in [0.2, 0.25) is 0 Å². The zero-order valence-electron chi connectivity index (χ0n) is 11.1. The molecule has 0 bridgehead atoms. The van der Waals surface area contributed by atoms with Crippen molar-refractivity contribution in [3.8, 4) is 0 Å². The second-order valence-corrected chi connectivity index (χ2v) is 7.52. The normalized spacial score (nSPS) is 32.7. The lowest BCUT2D eigenvalue weighted by atomic mass is 9.97. The van der Waals surface area contributed by atoms with Gasteiger partial charge in [0.15, 0.2) is 0 Å². The van der Waals surface area contributed by atoms with Crippen LogP contribution >= 0.6 is 0 Å². The first-order valence-electron chi connectivity index (χ1n) is 6.71. The Bertz CT molecular complexity index is 411. The number of carbonyl (C=O) groups is 1. The van der Waals surface area contributed by atoms with Gasteiger partial charge >= 0.3 is 0 Å². The summed E-state index contributed by atoms with van der Waals surface area (Å²) in [5.41, 5.74) is 0. The van der Waals surface area contributed by atoms with Crippen LogP contribution in [-0.2, 0) is 14.8 Å². The minimum absolute atomic E-state index is 0.0248. The van der Waals surface area contributed by atoms with E-state index in [2.05, 4.69) is 0 Å². The van der Waals surface area contributed by atoms with Crippen LogP contribution in [0.25, 0.3) is 0 Å². The van der Waals surface area contributed by atoms with Crippen molar-refractivity contribution in [2.75, 3.05) is 18.8 Å². The van der Waals surface area contributed by atoms with Gasteiger partial charge in [-0.2, -0.15) is 4.31 Å².